The summed E-state index contributed by atoms with van der Waals surface area (Å²) in [7, 11) is 0. The first kappa shape index (κ1) is 13.3. The van der Waals surface area contributed by atoms with Gasteiger partial charge in [0.2, 0.25) is 0 Å². The van der Waals surface area contributed by atoms with Gasteiger partial charge in [-0.05, 0) is 0 Å². The van der Waals surface area contributed by atoms with Crippen molar-refractivity contribution in [3.8, 4) is 0 Å². The zero-order valence-corrected chi connectivity index (χ0v) is 8.73. The molecule has 1 aliphatic rings. The molecule has 0 amide bonds. The highest BCUT2D eigenvalue weighted by atomic mass is 16.4. The molecule has 5 N–H and O–H groups in total. The molecule has 0 bridgehead atoms. The van der Waals surface area contributed by atoms with E-state index >= 15 is 0 Å². The highest BCUT2D eigenvalue weighted by Crippen LogP contribution is 2.25. The maximum Gasteiger partial charge on any atom is 0.304 e. The Morgan fingerprint density at radius 3 is 1.81 bits per heavy atom. The Kier molecular flexibility index (Phi) is 4.63. The van der Waals surface area contributed by atoms with E-state index in [-0.39, 0.29) is 13.0 Å². The molecule has 0 spiro atoms. The number of carboxylic acids is 1. The maximum absolute atomic E-state index is 10.4. The second-order valence-corrected chi connectivity index (χ2v) is 3.86. The van der Waals surface area contributed by atoms with Gasteiger partial charge in [0.1, 0.15) is 0 Å². The number of aliphatic hydroxyl groups excluding tert-OH is 4. The summed E-state index contributed by atoms with van der Waals surface area (Å²) in [5, 5.41) is 45.8. The molecule has 16 heavy (non-hydrogen) atoms. The van der Waals surface area contributed by atoms with Crippen LogP contribution >= 0.6 is 0 Å². The Hall–Kier alpha value is -0.730. The molecule has 1 aliphatic heterocycles. The lowest BCUT2D eigenvalue weighted by Crippen LogP contribution is -2.44. The highest BCUT2D eigenvalue weighted by molar-refractivity contribution is 5.66. The summed E-state index contributed by atoms with van der Waals surface area (Å²) in [4.78, 5) is 11.9. The van der Waals surface area contributed by atoms with Gasteiger partial charge in [0.05, 0.1) is 43.9 Å². The molecule has 7 heteroatoms. The Bertz CT molecular complexity index is 232. The van der Waals surface area contributed by atoms with Crippen molar-refractivity contribution < 1.29 is 30.3 Å². The van der Waals surface area contributed by atoms with Gasteiger partial charge in [0.25, 0.3) is 0 Å². The third kappa shape index (κ3) is 2.50. The number of hydrogen-bond acceptors (Lipinski definition) is 6. The molecule has 0 aliphatic carbocycles. The topological polar surface area (TPSA) is 121 Å². The van der Waals surface area contributed by atoms with Gasteiger partial charge in [0, 0.05) is 6.54 Å². The lowest BCUT2D eigenvalue weighted by Gasteiger charge is -2.27. The molecular weight excluding hydrogens is 218 g/mol. The number of likely N-dealkylation sites (tertiary alicyclic amines) is 1. The number of carbonyl (C=O) groups is 1. The molecule has 1 heterocycles. The summed E-state index contributed by atoms with van der Waals surface area (Å²) in [6, 6.07) is -1.46. The van der Waals surface area contributed by atoms with E-state index in [1.807, 2.05) is 0 Å². The molecule has 0 saturated carbocycles. The van der Waals surface area contributed by atoms with Crippen LogP contribution in [-0.2, 0) is 4.79 Å². The van der Waals surface area contributed by atoms with Crippen molar-refractivity contribution in [3.05, 3.63) is 0 Å². The van der Waals surface area contributed by atoms with Gasteiger partial charge in [-0.25, -0.2) is 0 Å². The molecule has 1 fully saturated rings. The van der Waals surface area contributed by atoms with Crippen molar-refractivity contribution in [2.24, 2.45) is 0 Å². The van der Waals surface area contributed by atoms with E-state index in [1.165, 1.54) is 4.90 Å². The molecule has 7 nitrogen and oxygen atoms in total. The summed E-state index contributed by atoms with van der Waals surface area (Å²) in [5.74, 6) is -1.01. The lowest BCUT2D eigenvalue weighted by atomic mass is 10.1. The fourth-order valence-corrected chi connectivity index (χ4v) is 2.08. The summed E-state index contributed by atoms with van der Waals surface area (Å²) < 4.78 is 0. The number of rotatable bonds is 5. The molecule has 94 valence electrons. The van der Waals surface area contributed by atoms with Crippen LogP contribution in [0.15, 0.2) is 0 Å². The van der Waals surface area contributed by atoms with Crippen LogP contribution in [0, 0.1) is 0 Å². The molecule has 1 saturated heterocycles. The van der Waals surface area contributed by atoms with E-state index in [1.54, 1.807) is 0 Å². The molecule has 0 aromatic heterocycles. The number of hydrogen-bond donors (Lipinski definition) is 5. The molecule has 0 aromatic rings. The van der Waals surface area contributed by atoms with Crippen LogP contribution in [0.3, 0.4) is 0 Å². The largest absolute Gasteiger partial charge is 0.481 e. The van der Waals surface area contributed by atoms with Crippen molar-refractivity contribution in [1.82, 2.24) is 4.90 Å². The first-order chi connectivity index (χ1) is 7.52. The van der Waals surface area contributed by atoms with E-state index in [9.17, 15) is 15.0 Å². The highest BCUT2D eigenvalue weighted by Gasteiger charge is 2.46. The van der Waals surface area contributed by atoms with Gasteiger partial charge >= 0.3 is 5.97 Å². The van der Waals surface area contributed by atoms with Crippen LogP contribution in [0.4, 0.5) is 0 Å². The standard InChI is InChI=1S/C9H17NO6/c11-3-5-8(15)9(16)6(4-12)10(5)2-1-7(13)14/h5-6,8-9,11-12,15-16H,1-4H2,(H,13,14)/t5-,6+,8+,9-. The fourth-order valence-electron chi connectivity index (χ4n) is 2.08. The fraction of sp³-hybridized carbons (Fsp3) is 0.889. The molecular formula is C9H17NO6. The van der Waals surface area contributed by atoms with Crippen LogP contribution in [0.5, 0.6) is 0 Å². The first-order valence-electron chi connectivity index (χ1n) is 5.08. The number of carboxylic acid groups (broad SMARTS) is 1. The van der Waals surface area contributed by atoms with E-state index in [0.717, 1.165) is 0 Å². The minimum Gasteiger partial charge on any atom is -0.481 e. The van der Waals surface area contributed by atoms with E-state index in [2.05, 4.69) is 0 Å². The van der Waals surface area contributed by atoms with E-state index in [0.29, 0.717) is 0 Å². The normalized spacial score (nSPS) is 35.5. The summed E-state index contributed by atoms with van der Waals surface area (Å²) in [6.45, 7) is -0.720. The second-order valence-electron chi connectivity index (χ2n) is 3.86. The summed E-state index contributed by atoms with van der Waals surface area (Å²) in [6.07, 6.45) is -2.52. The Morgan fingerprint density at radius 1 is 1.06 bits per heavy atom. The van der Waals surface area contributed by atoms with Gasteiger partial charge in [-0.2, -0.15) is 0 Å². The average molecular weight is 235 g/mol. The van der Waals surface area contributed by atoms with Crippen molar-refractivity contribution in [2.45, 2.75) is 30.7 Å². The molecule has 0 unspecified atom stereocenters. The Morgan fingerprint density at radius 2 is 1.50 bits per heavy atom. The van der Waals surface area contributed by atoms with Gasteiger partial charge in [-0.3, -0.25) is 9.69 Å². The van der Waals surface area contributed by atoms with Gasteiger partial charge < -0.3 is 25.5 Å². The third-order valence-corrected chi connectivity index (χ3v) is 2.95. The zero-order chi connectivity index (χ0) is 12.3. The van der Waals surface area contributed by atoms with Crippen molar-refractivity contribution in [1.29, 1.82) is 0 Å². The van der Waals surface area contributed by atoms with Crippen LogP contribution in [0.2, 0.25) is 0 Å². The second kappa shape index (κ2) is 5.55. The van der Waals surface area contributed by atoms with Crippen LogP contribution in [0.25, 0.3) is 0 Å². The Labute approximate surface area is 92.5 Å². The summed E-state index contributed by atoms with van der Waals surface area (Å²) >= 11 is 0. The van der Waals surface area contributed by atoms with Gasteiger partial charge in [0.15, 0.2) is 0 Å². The SMILES string of the molecule is O=C(O)CCN1[C@H](CO)[C@H](O)[C@H](O)[C@@H]1CO. The van der Waals surface area contributed by atoms with Crippen LogP contribution < -0.4 is 0 Å². The molecule has 1 rings (SSSR count). The minimum atomic E-state index is -1.17. The number of aliphatic hydroxyl groups is 4. The smallest absolute Gasteiger partial charge is 0.304 e. The van der Waals surface area contributed by atoms with Gasteiger partial charge in [-0.15, -0.1) is 0 Å². The zero-order valence-electron chi connectivity index (χ0n) is 8.73. The average Bonchev–Trinajstić information content (AvgIpc) is 2.48. The monoisotopic (exact) mass is 235 g/mol. The third-order valence-electron chi connectivity index (χ3n) is 2.95. The number of nitrogens with zero attached hydrogens (tertiary/aromatic N) is 1. The quantitative estimate of drug-likeness (QED) is 0.349. The predicted molar refractivity (Wildman–Crippen MR) is 52.7 cm³/mol. The van der Waals surface area contributed by atoms with Crippen molar-refractivity contribution in [3.63, 3.8) is 0 Å². The molecule has 0 radical (unpaired) electrons. The van der Waals surface area contributed by atoms with Crippen LogP contribution in [-0.4, -0.2) is 80.5 Å². The van der Waals surface area contributed by atoms with Crippen LogP contribution in [0.1, 0.15) is 6.42 Å². The van der Waals surface area contributed by atoms with E-state index < -0.39 is 43.5 Å². The molecule has 0 aromatic carbocycles. The first-order valence-corrected chi connectivity index (χ1v) is 5.08. The minimum absolute atomic E-state index is 0.0694. The van der Waals surface area contributed by atoms with Gasteiger partial charge in [-0.1, -0.05) is 0 Å². The Balaban J connectivity index is 2.71. The lowest BCUT2D eigenvalue weighted by molar-refractivity contribution is -0.137. The van der Waals surface area contributed by atoms with E-state index in [4.69, 9.17) is 15.3 Å². The molecule has 4 atom stereocenters. The predicted octanol–water partition coefficient (Wildman–Crippen LogP) is -2.78. The maximum atomic E-state index is 10.4. The van der Waals surface area contributed by atoms with Crippen molar-refractivity contribution in [2.75, 3.05) is 19.8 Å². The number of aliphatic carboxylic acids is 1. The summed E-state index contributed by atoms with van der Waals surface area (Å²) in [5.41, 5.74) is 0. The van der Waals surface area contributed by atoms with Crippen molar-refractivity contribution >= 4 is 5.97 Å².